The lowest BCUT2D eigenvalue weighted by molar-refractivity contribution is -0.124. The molecule has 2 heterocycles. The third-order valence-corrected chi connectivity index (χ3v) is 3.81. The Kier molecular flexibility index (Phi) is 4.36. The summed E-state index contributed by atoms with van der Waals surface area (Å²) in [4.78, 5) is 14.3. The summed E-state index contributed by atoms with van der Waals surface area (Å²) in [5, 5.41) is 15.5. The van der Waals surface area contributed by atoms with Crippen molar-refractivity contribution >= 4 is 5.91 Å². The summed E-state index contributed by atoms with van der Waals surface area (Å²) in [5.74, 6) is 0.0523. The lowest BCUT2D eigenvalue weighted by Crippen LogP contribution is -2.49. The van der Waals surface area contributed by atoms with Crippen LogP contribution in [0, 0.1) is 0 Å². The maximum atomic E-state index is 11.9. The number of nitrogens with zero attached hydrogens (tertiary/aromatic N) is 1. The SMILES string of the molecule is CCN1CCC(NC(=O)C2CC(O)CN2)CC1. The van der Waals surface area contributed by atoms with Gasteiger partial charge in [0.25, 0.3) is 0 Å². The third-order valence-electron chi connectivity index (χ3n) is 3.81. The Morgan fingerprint density at radius 2 is 2.18 bits per heavy atom. The van der Waals surface area contributed by atoms with Crippen molar-refractivity contribution in [3.05, 3.63) is 0 Å². The molecule has 5 heteroatoms. The normalized spacial score (nSPS) is 31.6. The average molecular weight is 241 g/mol. The zero-order valence-corrected chi connectivity index (χ0v) is 10.5. The van der Waals surface area contributed by atoms with Crippen LogP contribution < -0.4 is 10.6 Å². The Hall–Kier alpha value is -0.650. The van der Waals surface area contributed by atoms with Gasteiger partial charge in [0.2, 0.25) is 5.91 Å². The molecule has 0 aromatic rings. The molecule has 5 nitrogen and oxygen atoms in total. The number of hydrogen-bond acceptors (Lipinski definition) is 4. The van der Waals surface area contributed by atoms with Crippen molar-refractivity contribution in [1.29, 1.82) is 0 Å². The topological polar surface area (TPSA) is 64.6 Å². The fourth-order valence-electron chi connectivity index (χ4n) is 2.61. The zero-order chi connectivity index (χ0) is 12.3. The van der Waals surface area contributed by atoms with Gasteiger partial charge in [-0.1, -0.05) is 6.92 Å². The van der Waals surface area contributed by atoms with Gasteiger partial charge >= 0.3 is 0 Å². The summed E-state index contributed by atoms with van der Waals surface area (Å²) in [6.07, 6.45) is 2.25. The number of nitrogens with one attached hydrogen (secondary N) is 2. The van der Waals surface area contributed by atoms with Gasteiger partial charge in [0, 0.05) is 25.7 Å². The van der Waals surface area contributed by atoms with Crippen LogP contribution in [0.5, 0.6) is 0 Å². The van der Waals surface area contributed by atoms with E-state index in [1.807, 2.05) is 0 Å². The average Bonchev–Trinajstić information content (AvgIpc) is 2.77. The number of hydrogen-bond donors (Lipinski definition) is 3. The molecule has 2 unspecified atom stereocenters. The number of likely N-dealkylation sites (tertiary alicyclic amines) is 1. The highest BCUT2D eigenvalue weighted by molar-refractivity contribution is 5.82. The number of aliphatic hydroxyl groups is 1. The maximum absolute atomic E-state index is 11.9. The number of rotatable bonds is 3. The van der Waals surface area contributed by atoms with Gasteiger partial charge in [0.05, 0.1) is 12.1 Å². The molecule has 2 aliphatic rings. The number of β-amino-alcohol motifs (C(OH)–C–C–N with tert-alkyl or cyclic N) is 1. The van der Waals surface area contributed by atoms with Crippen molar-refractivity contribution in [2.24, 2.45) is 0 Å². The highest BCUT2D eigenvalue weighted by Gasteiger charge is 2.29. The molecule has 17 heavy (non-hydrogen) atoms. The Balaban J connectivity index is 1.72. The molecular formula is C12H23N3O2. The molecule has 0 saturated carbocycles. The van der Waals surface area contributed by atoms with Crippen LogP contribution in [0.3, 0.4) is 0 Å². The van der Waals surface area contributed by atoms with E-state index in [9.17, 15) is 9.90 Å². The third kappa shape index (κ3) is 3.40. The Morgan fingerprint density at radius 1 is 1.47 bits per heavy atom. The number of amides is 1. The number of aliphatic hydroxyl groups excluding tert-OH is 1. The van der Waals surface area contributed by atoms with E-state index in [1.165, 1.54) is 0 Å². The van der Waals surface area contributed by atoms with E-state index in [1.54, 1.807) is 0 Å². The van der Waals surface area contributed by atoms with Gasteiger partial charge in [0.15, 0.2) is 0 Å². The zero-order valence-electron chi connectivity index (χ0n) is 10.5. The van der Waals surface area contributed by atoms with Gasteiger partial charge in [-0.05, 0) is 25.8 Å². The summed E-state index contributed by atoms with van der Waals surface area (Å²) in [5.41, 5.74) is 0. The summed E-state index contributed by atoms with van der Waals surface area (Å²) >= 11 is 0. The smallest absolute Gasteiger partial charge is 0.237 e. The van der Waals surface area contributed by atoms with Crippen LogP contribution in [-0.4, -0.2) is 60.3 Å². The highest BCUT2D eigenvalue weighted by atomic mass is 16.3. The molecule has 0 aliphatic carbocycles. The quantitative estimate of drug-likeness (QED) is 0.612. The Bertz CT molecular complexity index is 264. The number of carbonyl (C=O) groups excluding carboxylic acids is 1. The van der Waals surface area contributed by atoms with Crippen LogP contribution in [0.25, 0.3) is 0 Å². The molecule has 2 rings (SSSR count). The monoisotopic (exact) mass is 241 g/mol. The molecule has 0 aromatic carbocycles. The van der Waals surface area contributed by atoms with E-state index in [0.29, 0.717) is 19.0 Å². The Labute approximate surface area is 103 Å². The minimum Gasteiger partial charge on any atom is -0.392 e. The first-order chi connectivity index (χ1) is 8.19. The first-order valence-electron chi connectivity index (χ1n) is 6.63. The molecule has 2 aliphatic heterocycles. The van der Waals surface area contributed by atoms with E-state index in [-0.39, 0.29) is 18.1 Å². The van der Waals surface area contributed by atoms with Crippen molar-refractivity contribution < 1.29 is 9.90 Å². The summed E-state index contributed by atoms with van der Waals surface area (Å²) in [6.45, 7) is 5.94. The van der Waals surface area contributed by atoms with Crippen molar-refractivity contribution in [2.75, 3.05) is 26.2 Å². The van der Waals surface area contributed by atoms with Crippen LogP contribution in [0.15, 0.2) is 0 Å². The van der Waals surface area contributed by atoms with Crippen LogP contribution >= 0.6 is 0 Å². The van der Waals surface area contributed by atoms with Crippen molar-refractivity contribution in [2.45, 2.75) is 44.4 Å². The predicted molar refractivity (Wildman–Crippen MR) is 65.7 cm³/mol. The summed E-state index contributed by atoms with van der Waals surface area (Å²) in [6, 6.07) is 0.110. The van der Waals surface area contributed by atoms with E-state index in [0.717, 1.165) is 32.5 Å². The van der Waals surface area contributed by atoms with E-state index in [4.69, 9.17) is 0 Å². The van der Waals surface area contributed by atoms with E-state index < -0.39 is 0 Å². The maximum Gasteiger partial charge on any atom is 0.237 e. The minimum absolute atomic E-state index is 0.0523. The standard InChI is InChI=1S/C12H23N3O2/c1-2-15-5-3-9(4-6-15)14-12(17)11-7-10(16)8-13-11/h9-11,13,16H,2-8H2,1H3,(H,14,17). The molecule has 1 amide bonds. The fraction of sp³-hybridized carbons (Fsp3) is 0.917. The molecule has 2 atom stereocenters. The molecular weight excluding hydrogens is 218 g/mol. The van der Waals surface area contributed by atoms with Crippen LogP contribution in [0.4, 0.5) is 0 Å². The second-order valence-corrected chi connectivity index (χ2v) is 5.07. The number of carbonyl (C=O) groups is 1. The van der Waals surface area contributed by atoms with Crippen molar-refractivity contribution in [1.82, 2.24) is 15.5 Å². The van der Waals surface area contributed by atoms with E-state index in [2.05, 4.69) is 22.5 Å². The predicted octanol–water partition coefficient (Wildman–Crippen LogP) is -0.690. The van der Waals surface area contributed by atoms with Crippen LogP contribution in [0.2, 0.25) is 0 Å². The van der Waals surface area contributed by atoms with E-state index >= 15 is 0 Å². The Morgan fingerprint density at radius 3 is 2.71 bits per heavy atom. The van der Waals surface area contributed by atoms with Gasteiger partial charge in [-0.3, -0.25) is 4.79 Å². The molecule has 2 fully saturated rings. The van der Waals surface area contributed by atoms with Crippen molar-refractivity contribution in [3.8, 4) is 0 Å². The molecule has 3 N–H and O–H groups in total. The van der Waals surface area contributed by atoms with Crippen LogP contribution in [0.1, 0.15) is 26.2 Å². The highest BCUT2D eigenvalue weighted by Crippen LogP contribution is 2.11. The van der Waals surface area contributed by atoms with Gasteiger partial charge in [-0.15, -0.1) is 0 Å². The molecule has 0 spiro atoms. The summed E-state index contributed by atoms with van der Waals surface area (Å²) < 4.78 is 0. The molecule has 0 aromatic heterocycles. The van der Waals surface area contributed by atoms with Gasteiger partial charge < -0.3 is 20.6 Å². The van der Waals surface area contributed by atoms with Crippen molar-refractivity contribution in [3.63, 3.8) is 0 Å². The lowest BCUT2D eigenvalue weighted by atomic mass is 10.0. The van der Waals surface area contributed by atoms with Gasteiger partial charge in [-0.25, -0.2) is 0 Å². The molecule has 0 bridgehead atoms. The first-order valence-corrected chi connectivity index (χ1v) is 6.63. The van der Waals surface area contributed by atoms with Crippen LogP contribution in [-0.2, 0) is 4.79 Å². The second kappa shape index (κ2) is 5.80. The molecule has 98 valence electrons. The number of piperidine rings is 1. The lowest BCUT2D eigenvalue weighted by Gasteiger charge is -2.32. The summed E-state index contributed by atoms with van der Waals surface area (Å²) in [7, 11) is 0. The molecule has 2 saturated heterocycles. The first kappa shape index (κ1) is 12.8. The minimum atomic E-state index is -0.368. The second-order valence-electron chi connectivity index (χ2n) is 5.07. The van der Waals surface area contributed by atoms with Gasteiger partial charge in [0.1, 0.15) is 0 Å². The van der Waals surface area contributed by atoms with Gasteiger partial charge in [-0.2, -0.15) is 0 Å². The fourth-order valence-corrected chi connectivity index (χ4v) is 2.61. The molecule has 0 radical (unpaired) electrons. The largest absolute Gasteiger partial charge is 0.392 e.